The molecule has 0 aliphatic carbocycles. The third kappa shape index (κ3) is 3.07. The smallest absolute Gasteiger partial charge is 0.300 e. The van der Waals surface area contributed by atoms with E-state index in [1.165, 1.54) is 23.9 Å². The Morgan fingerprint density at radius 3 is 2.55 bits per heavy atom. The maximum atomic E-state index is 11.9. The van der Waals surface area contributed by atoms with Crippen LogP contribution >= 0.6 is 11.8 Å². The summed E-state index contributed by atoms with van der Waals surface area (Å²) in [6, 6.07) is 5.87. The van der Waals surface area contributed by atoms with Gasteiger partial charge in [-0.05, 0) is 30.5 Å². The van der Waals surface area contributed by atoms with E-state index in [2.05, 4.69) is 0 Å². The van der Waals surface area contributed by atoms with Gasteiger partial charge in [0.25, 0.3) is 10.0 Å². The summed E-state index contributed by atoms with van der Waals surface area (Å²) in [7, 11) is -4.03. The van der Waals surface area contributed by atoms with Gasteiger partial charge in [-0.3, -0.25) is 4.79 Å². The molecule has 20 heavy (non-hydrogen) atoms. The molecule has 0 fully saturated rings. The van der Waals surface area contributed by atoms with Crippen LogP contribution in [0.1, 0.15) is 23.2 Å². The molecule has 0 saturated heterocycles. The number of rotatable bonds is 5. The zero-order valence-corrected chi connectivity index (χ0v) is 12.5. The molecule has 1 amide bonds. The SMILES string of the molecule is CCc1ccc(S(=O)(=O)NC(=O)c2ccc(SC)o2)o1. The fraction of sp³-hybridized carbons (Fsp3) is 0.250. The summed E-state index contributed by atoms with van der Waals surface area (Å²) in [4.78, 5) is 11.8. The second-order valence-electron chi connectivity index (χ2n) is 3.83. The average molecular weight is 315 g/mol. The van der Waals surface area contributed by atoms with Crippen LogP contribution < -0.4 is 4.72 Å². The van der Waals surface area contributed by atoms with Gasteiger partial charge in [-0.15, -0.1) is 0 Å². The van der Waals surface area contributed by atoms with Crippen LogP contribution in [0.3, 0.4) is 0 Å². The highest BCUT2D eigenvalue weighted by Gasteiger charge is 2.23. The van der Waals surface area contributed by atoms with E-state index in [0.717, 1.165) is 0 Å². The lowest BCUT2D eigenvalue weighted by atomic mass is 10.4. The lowest BCUT2D eigenvalue weighted by molar-refractivity contribution is 0.0949. The summed E-state index contributed by atoms with van der Waals surface area (Å²) in [5.74, 6) is -0.375. The molecule has 0 unspecified atom stereocenters. The van der Waals surface area contributed by atoms with E-state index >= 15 is 0 Å². The van der Waals surface area contributed by atoms with Crippen LogP contribution in [0, 0.1) is 0 Å². The highest BCUT2D eigenvalue weighted by atomic mass is 32.2. The summed E-state index contributed by atoms with van der Waals surface area (Å²) in [6.45, 7) is 1.83. The normalized spacial score (nSPS) is 11.5. The Labute approximate surface area is 120 Å². The largest absolute Gasteiger partial charge is 0.448 e. The average Bonchev–Trinajstić information content (AvgIpc) is 3.07. The van der Waals surface area contributed by atoms with Crippen molar-refractivity contribution < 1.29 is 22.0 Å². The molecule has 0 atom stereocenters. The summed E-state index contributed by atoms with van der Waals surface area (Å²) in [6.07, 6.45) is 2.35. The Hall–Kier alpha value is -1.67. The summed E-state index contributed by atoms with van der Waals surface area (Å²) < 4.78 is 36.1. The molecule has 8 heteroatoms. The van der Waals surface area contributed by atoms with Gasteiger partial charge in [-0.2, -0.15) is 8.42 Å². The molecule has 6 nitrogen and oxygen atoms in total. The van der Waals surface area contributed by atoms with Crippen molar-refractivity contribution in [1.29, 1.82) is 0 Å². The topological polar surface area (TPSA) is 89.5 Å². The van der Waals surface area contributed by atoms with E-state index in [1.807, 2.05) is 11.6 Å². The third-order valence-electron chi connectivity index (χ3n) is 2.48. The van der Waals surface area contributed by atoms with Crippen LogP contribution in [0.4, 0.5) is 0 Å². The maximum Gasteiger partial charge on any atom is 0.300 e. The van der Waals surface area contributed by atoms with Gasteiger partial charge in [0, 0.05) is 6.42 Å². The van der Waals surface area contributed by atoms with E-state index in [9.17, 15) is 13.2 Å². The fourth-order valence-electron chi connectivity index (χ4n) is 1.47. The molecule has 108 valence electrons. The molecule has 1 N–H and O–H groups in total. The molecule has 0 radical (unpaired) electrons. The lowest BCUT2D eigenvalue weighted by Gasteiger charge is -2.02. The summed E-state index contributed by atoms with van der Waals surface area (Å²) >= 11 is 1.31. The van der Waals surface area contributed by atoms with Crippen LogP contribution in [0.25, 0.3) is 0 Å². The van der Waals surface area contributed by atoms with Crippen molar-refractivity contribution in [2.45, 2.75) is 23.5 Å². The van der Waals surface area contributed by atoms with E-state index in [4.69, 9.17) is 8.83 Å². The number of thioether (sulfide) groups is 1. The number of carbonyl (C=O) groups excluding carboxylic acids is 1. The predicted molar refractivity (Wildman–Crippen MR) is 73.2 cm³/mol. The zero-order valence-electron chi connectivity index (χ0n) is 10.9. The van der Waals surface area contributed by atoms with Crippen LogP contribution in [0.2, 0.25) is 0 Å². The molecule has 2 aromatic rings. The molecule has 0 aromatic carbocycles. The van der Waals surface area contributed by atoms with Crippen molar-refractivity contribution in [2.75, 3.05) is 6.26 Å². The van der Waals surface area contributed by atoms with Gasteiger partial charge < -0.3 is 8.83 Å². The molecule has 2 rings (SSSR count). The molecular formula is C12H13NO5S2. The number of carbonyl (C=O) groups is 1. The van der Waals surface area contributed by atoms with E-state index in [1.54, 1.807) is 18.4 Å². The fourth-order valence-corrected chi connectivity index (χ4v) is 2.75. The number of aryl methyl sites for hydroxylation is 1. The predicted octanol–water partition coefficient (Wildman–Crippen LogP) is 2.28. The second-order valence-corrected chi connectivity index (χ2v) is 6.26. The van der Waals surface area contributed by atoms with Crippen LogP contribution in [0.15, 0.2) is 43.3 Å². The van der Waals surface area contributed by atoms with Gasteiger partial charge in [0.15, 0.2) is 10.9 Å². The minimum atomic E-state index is -4.03. The van der Waals surface area contributed by atoms with Crippen molar-refractivity contribution in [3.05, 3.63) is 35.8 Å². The number of sulfonamides is 1. The van der Waals surface area contributed by atoms with E-state index in [-0.39, 0.29) is 10.9 Å². The van der Waals surface area contributed by atoms with Gasteiger partial charge in [0.05, 0.1) is 0 Å². The highest BCUT2D eigenvalue weighted by Crippen LogP contribution is 2.19. The van der Waals surface area contributed by atoms with Gasteiger partial charge in [-0.1, -0.05) is 18.7 Å². The Kier molecular flexibility index (Phi) is 4.24. The van der Waals surface area contributed by atoms with E-state index in [0.29, 0.717) is 17.3 Å². The Balaban J connectivity index is 2.17. The molecular weight excluding hydrogens is 302 g/mol. The minimum Gasteiger partial charge on any atom is -0.448 e. The van der Waals surface area contributed by atoms with Crippen molar-refractivity contribution in [2.24, 2.45) is 0 Å². The Bertz CT molecular complexity index is 714. The molecule has 0 saturated carbocycles. The number of nitrogens with one attached hydrogen (secondary N) is 1. The van der Waals surface area contributed by atoms with Gasteiger partial charge in [-0.25, -0.2) is 4.72 Å². The first kappa shape index (κ1) is 14.7. The molecule has 0 aliphatic heterocycles. The van der Waals surface area contributed by atoms with Crippen LogP contribution in [-0.4, -0.2) is 20.6 Å². The second kappa shape index (κ2) is 5.76. The van der Waals surface area contributed by atoms with Crippen molar-refractivity contribution in [3.63, 3.8) is 0 Å². The van der Waals surface area contributed by atoms with Gasteiger partial charge in [0.2, 0.25) is 5.09 Å². The third-order valence-corrected chi connectivity index (χ3v) is 4.31. The highest BCUT2D eigenvalue weighted by molar-refractivity contribution is 7.98. The Morgan fingerprint density at radius 2 is 2.00 bits per heavy atom. The summed E-state index contributed by atoms with van der Waals surface area (Å²) in [5, 5.41) is 0.234. The van der Waals surface area contributed by atoms with Gasteiger partial charge in [0.1, 0.15) is 5.76 Å². The molecule has 2 heterocycles. The van der Waals surface area contributed by atoms with Crippen molar-refractivity contribution in [1.82, 2.24) is 4.72 Å². The van der Waals surface area contributed by atoms with Crippen molar-refractivity contribution in [3.8, 4) is 0 Å². The monoisotopic (exact) mass is 315 g/mol. The minimum absolute atomic E-state index is 0.0693. The number of furan rings is 2. The van der Waals surface area contributed by atoms with Crippen LogP contribution in [-0.2, 0) is 16.4 Å². The number of hydrogen-bond donors (Lipinski definition) is 1. The zero-order chi connectivity index (χ0) is 14.8. The van der Waals surface area contributed by atoms with Crippen molar-refractivity contribution >= 4 is 27.7 Å². The Morgan fingerprint density at radius 1 is 1.25 bits per heavy atom. The number of amides is 1. The summed E-state index contributed by atoms with van der Waals surface area (Å²) in [5.41, 5.74) is 0. The first-order valence-corrected chi connectivity index (χ1v) is 8.46. The molecule has 2 aromatic heterocycles. The van der Waals surface area contributed by atoms with Crippen LogP contribution in [0.5, 0.6) is 0 Å². The first-order valence-electron chi connectivity index (χ1n) is 5.76. The number of hydrogen-bond acceptors (Lipinski definition) is 6. The molecule has 0 spiro atoms. The quantitative estimate of drug-likeness (QED) is 0.851. The van der Waals surface area contributed by atoms with Gasteiger partial charge >= 0.3 is 5.91 Å². The molecule has 0 bridgehead atoms. The maximum absolute atomic E-state index is 11.9. The van der Waals surface area contributed by atoms with E-state index < -0.39 is 15.9 Å². The first-order chi connectivity index (χ1) is 9.46. The standard InChI is InChI=1S/C12H13NO5S2/c1-3-8-4-7-11(17-8)20(15,16)13-12(14)9-5-6-10(18-9)19-2/h4-7H,3H2,1-2H3,(H,13,14). The lowest BCUT2D eigenvalue weighted by Crippen LogP contribution is -2.30. The molecule has 0 aliphatic rings.